The molecule has 0 aromatic heterocycles. The molecule has 3 atom stereocenters. The first-order chi connectivity index (χ1) is 4.52. The zero-order chi connectivity index (χ0) is 8.15. The molecular weight excluding hydrogens is 154 g/mol. The van der Waals surface area contributed by atoms with Crippen LogP contribution in [-0.2, 0) is 15.5 Å². The summed E-state index contributed by atoms with van der Waals surface area (Å²) in [6.07, 6.45) is 0.331. The number of rotatable bonds is 4. The van der Waals surface area contributed by atoms with E-state index < -0.39 is 11.4 Å². The standard InChI is InChI=1S/C5H13NO3S/c1-4(6)3-5(2)9-10(7)8/h4-5H,3,6H2,1-2H3,(H,7,8)/t4-,5?/m0/s1. The molecule has 0 aromatic carbocycles. The monoisotopic (exact) mass is 167 g/mol. The summed E-state index contributed by atoms with van der Waals surface area (Å²) in [7, 11) is 0. The minimum atomic E-state index is -2.17. The Labute approximate surface area is 63.2 Å². The first-order valence-corrected chi connectivity index (χ1v) is 4.09. The smallest absolute Gasteiger partial charge is 0.302 e. The molecule has 2 unspecified atom stereocenters. The quantitative estimate of drug-likeness (QED) is 0.589. The Hall–Kier alpha value is 0.0300. The van der Waals surface area contributed by atoms with Crippen molar-refractivity contribution in [3.63, 3.8) is 0 Å². The lowest BCUT2D eigenvalue weighted by Gasteiger charge is -2.10. The Morgan fingerprint density at radius 2 is 2.20 bits per heavy atom. The third-order valence-electron chi connectivity index (χ3n) is 0.950. The predicted octanol–water partition coefficient (Wildman–Crippen LogP) is 0.266. The largest absolute Gasteiger partial charge is 0.328 e. The van der Waals surface area contributed by atoms with Gasteiger partial charge in [0.05, 0.1) is 6.10 Å². The van der Waals surface area contributed by atoms with Crippen LogP contribution in [0.2, 0.25) is 0 Å². The van der Waals surface area contributed by atoms with Crippen molar-refractivity contribution in [1.82, 2.24) is 0 Å². The molecule has 0 saturated carbocycles. The molecule has 3 N–H and O–H groups in total. The minimum Gasteiger partial charge on any atom is -0.328 e. The number of nitrogens with two attached hydrogens (primary N) is 1. The molecule has 0 heterocycles. The topological polar surface area (TPSA) is 72.5 Å². The molecule has 0 spiro atoms. The lowest BCUT2D eigenvalue weighted by atomic mass is 10.2. The summed E-state index contributed by atoms with van der Waals surface area (Å²) in [4.78, 5) is 0. The summed E-state index contributed by atoms with van der Waals surface area (Å²) in [5.41, 5.74) is 5.41. The van der Waals surface area contributed by atoms with E-state index in [-0.39, 0.29) is 12.1 Å². The van der Waals surface area contributed by atoms with Gasteiger partial charge < -0.3 is 5.73 Å². The number of hydrogen-bond donors (Lipinski definition) is 2. The van der Waals surface area contributed by atoms with Gasteiger partial charge in [0, 0.05) is 6.04 Å². The fourth-order valence-corrected chi connectivity index (χ4v) is 1.06. The molecule has 4 nitrogen and oxygen atoms in total. The summed E-state index contributed by atoms with van der Waals surface area (Å²) < 4.78 is 22.8. The van der Waals surface area contributed by atoms with Gasteiger partial charge in [0.25, 0.3) is 0 Å². The predicted molar refractivity (Wildman–Crippen MR) is 39.6 cm³/mol. The Morgan fingerprint density at radius 1 is 1.70 bits per heavy atom. The van der Waals surface area contributed by atoms with E-state index in [1.165, 1.54) is 0 Å². The molecule has 0 aromatic rings. The van der Waals surface area contributed by atoms with Gasteiger partial charge in [-0.25, -0.2) is 0 Å². The molecule has 0 rings (SSSR count). The Bertz CT molecular complexity index is 117. The molecule has 0 radical (unpaired) electrons. The van der Waals surface area contributed by atoms with Gasteiger partial charge in [-0.15, -0.1) is 0 Å². The van der Waals surface area contributed by atoms with E-state index in [0.29, 0.717) is 6.42 Å². The summed E-state index contributed by atoms with van der Waals surface area (Å²) in [6, 6.07) is -0.00134. The minimum absolute atomic E-state index is 0.00134. The van der Waals surface area contributed by atoms with Crippen molar-refractivity contribution in [1.29, 1.82) is 0 Å². The van der Waals surface area contributed by atoms with Crippen LogP contribution in [0.4, 0.5) is 0 Å². The molecule has 0 aliphatic heterocycles. The highest BCUT2D eigenvalue weighted by atomic mass is 32.2. The maximum absolute atomic E-state index is 10.0. The van der Waals surface area contributed by atoms with Crippen molar-refractivity contribution >= 4 is 11.4 Å². The molecule has 62 valence electrons. The second kappa shape index (κ2) is 4.79. The number of hydrogen-bond acceptors (Lipinski definition) is 3. The van der Waals surface area contributed by atoms with Crippen LogP contribution in [0.1, 0.15) is 20.3 Å². The van der Waals surface area contributed by atoms with Crippen LogP contribution in [0, 0.1) is 0 Å². The van der Waals surface area contributed by atoms with E-state index in [4.69, 9.17) is 10.3 Å². The van der Waals surface area contributed by atoms with Crippen LogP contribution in [-0.4, -0.2) is 20.9 Å². The van der Waals surface area contributed by atoms with E-state index in [1.807, 2.05) is 6.92 Å². The second-order valence-corrected chi connectivity index (χ2v) is 2.96. The van der Waals surface area contributed by atoms with E-state index in [9.17, 15) is 4.21 Å². The van der Waals surface area contributed by atoms with Crippen molar-refractivity contribution in [2.75, 3.05) is 0 Å². The molecule has 0 aliphatic rings. The van der Waals surface area contributed by atoms with Crippen molar-refractivity contribution in [2.45, 2.75) is 32.4 Å². The van der Waals surface area contributed by atoms with Gasteiger partial charge in [0.2, 0.25) is 0 Å². The van der Waals surface area contributed by atoms with Crippen LogP contribution in [0.3, 0.4) is 0 Å². The normalized spacial score (nSPS) is 20.0. The van der Waals surface area contributed by atoms with Crippen LogP contribution in [0.15, 0.2) is 0 Å². The lowest BCUT2D eigenvalue weighted by molar-refractivity contribution is 0.205. The van der Waals surface area contributed by atoms with Gasteiger partial charge >= 0.3 is 11.4 Å². The molecule has 5 heteroatoms. The lowest BCUT2D eigenvalue weighted by Crippen LogP contribution is -2.23. The molecule has 0 amide bonds. The van der Waals surface area contributed by atoms with Gasteiger partial charge in [0.1, 0.15) is 0 Å². The second-order valence-electron chi connectivity index (χ2n) is 2.34. The van der Waals surface area contributed by atoms with Crippen molar-refractivity contribution in [2.24, 2.45) is 5.73 Å². The van der Waals surface area contributed by atoms with Gasteiger partial charge in [0.15, 0.2) is 0 Å². The molecule has 0 bridgehead atoms. The Kier molecular flexibility index (Phi) is 4.80. The van der Waals surface area contributed by atoms with Crippen LogP contribution < -0.4 is 5.73 Å². The summed E-state index contributed by atoms with van der Waals surface area (Å²) in [6.45, 7) is 3.53. The average Bonchev–Trinajstić information content (AvgIpc) is 1.58. The highest BCUT2D eigenvalue weighted by Crippen LogP contribution is 2.00. The summed E-state index contributed by atoms with van der Waals surface area (Å²) in [5.74, 6) is 0. The summed E-state index contributed by atoms with van der Waals surface area (Å²) in [5, 5.41) is 0. The molecule has 10 heavy (non-hydrogen) atoms. The van der Waals surface area contributed by atoms with Gasteiger partial charge in [-0.05, 0) is 20.3 Å². The van der Waals surface area contributed by atoms with E-state index >= 15 is 0 Å². The fraction of sp³-hybridized carbons (Fsp3) is 1.00. The van der Waals surface area contributed by atoms with E-state index in [1.54, 1.807) is 6.92 Å². The fourth-order valence-electron chi connectivity index (χ4n) is 0.703. The van der Waals surface area contributed by atoms with Crippen molar-refractivity contribution < 1.29 is 12.9 Å². The van der Waals surface area contributed by atoms with Crippen LogP contribution in [0.25, 0.3) is 0 Å². The Morgan fingerprint density at radius 3 is 2.50 bits per heavy atom. The van der Waals surface area contributed by atoms with Crippen LogP contribution >= 0.6 is 0 Å². The first-order valence-electron chi connectivity index (χ1n) is 3.06. The molecule has 0 saturated heterocycles. The zero-order valence-corrected chi connectivity index (χ0v) is 6.93. The first kappa shape index (κ1) is 10.0. The molecule has 0 fully saturated rings. The van der Waals surface area contributed by atoms with Crippen molar-refractivity contribution in [3.05, 3.63) is 0 Å². The van der Waals surface area contributed by atoms with Gasteiger partial charge in [-0.3, -0.25) is 8.74 Å². The van der Waals surface area contributed by atoms with Gasteiger partial charge in [-0.1, -0.05) is 0 Å². The van der Waals surface area contributed by atoms with Gasteiger partial charge in [-0.2, -0.15) is 4.21 Å². The zero-order valence-electron chi connectivity index (χ0n) is 6.11. The highest BCUT2D eigenvalue weighted by Gasteiger charge is 2.07. The molecular formula is C5H13NO3S. The molecule has 0 aliphatic carbocycles. The van der Waals surface area contributed by atoms with E-state index in [0.717, 1.165) is 0 Å². The SMILES string of the molecule is CC(C[C@H](C)N)OS(=O)O. The third kappa shape index (κ3) is 6.15. The van der Waals surface area contributed by atoms with Crippen LogP contribution in [0.5, 0.6) is 0 Å². The maximum Gasteiger partial charge on any atom is 0.302 e. The third-order valence-corrected chi connectivity index (χ3v) is 1.44. The summed E-state index contributed by atoms with van der Waals surface area (Å²) >= 11 is -2.17. The van der Waals surface area contributed by atoms with Crippen molar-refractivity contribution in [3.8, 4) is 0 Å². The highest BCUT2D eigenvalue weighted by molar-refractivity contribution is 7.74. The maximum atomic E-state index is 10.0. The average molecular weight is 167 g/mol. The Balaban J connectivity index is 3.43. The van der Waals surface area contributed by atoms with E-state index in [2.05, 4.69) is 4.18 Å².